The van der Waals surface area contributed by atoms with Crippen LogP contribution < -0.4 is 26.6 Å². The number of fused-ring (bicyclic) bond motifs is 1. The molecule has 2 N–H and O–H groups in total. The Kier molecular flexibility index (Phi) is 4.52. The Morgan fingerprint density at radius 3 is 2.34 bits per heavy atom. The van der Waals surface area contributed by atoms with Crippen molar-refractivity contribution in [1.29, 1.82) is 0 Å². The molecule has 0 spiro atoms. The third-order valence-electron chi connectivity index (χ3n) is 4.69. The smallest absolute Gasteiger partial charge is 0.425 e. The van der Waals surface area contributed by atoms with E-state index in [1.54, 1.807) is 5.32 Å². The van der Waals surface area contributed by atoms with Crippen molar-refractivity contribution in [1.82, 2.24) is 14.5 Å². The molecule has 0 fully saturated rings. The molecule has 1 aromatic carbocycles. The highest BCUT2D eigenvalue weighted by Crippen LogP contribution is 2.45. The summed E-state index contributed by atoms with van der Waals surface area (Å²) in [6.07, 6.45) is -5.40. The fourth-order valence-electron chi connectivity index (χ4n) is 3.17. The monoisotopic (exact) mass is 412 g/mol. The van der Waals surface area contributed by atoms with E-state index in [-0.39, 0.29) is 11.3 Å². The summed E-state index contributed by atoms with van der Waals surface area (Å²) in [6.45, 7) is 0. The van der Waals surface area contributed by atoms with Crippen molar-refractivity contribution < 1.29 is 27.5 Å². The maximum absolute atomic E-state index is 14.2. The molecule has 0 saturated heterocycles. The maximum Gasteiger partial charge on any atom is 0.425 e. The molecule has 29 heavy (non-hydrogen) atoms. The van der Waals surface area contributed by atoms with Crippen molar-refractivity contribution in [2.24, 2.45) is 14.1 Å². The summed E-state index contributed by atoms with van der Waals surface area (Å²) in [5.74, 6) is -3.67. The predicted octanol–water partition coefficient (Wildman–Crippen LogP) is 0.232. The van der Waals surface area contributed by atoms with Crippen molar-refractivity contribution >= 4 is 17.6 Å². The number of carbonyl (C=O) groups excluding carboxylic acids is 2. The van der Waals surface area contributed by atoms with Gasteiger partial charge in [-0.15, -0.1) is 0 Å². The van der Waals surface area contributed by atoms with Crippen LogP contribution in [0.4, 0.5) is 19.0 Å². The van der Waals surface area contributed by atoms with Crippen molar-refractivity contribution in [2.45, 2.75) is 11.7 Å². The van der Waals surface area contributed by atoms with E-state index in [0.717, 1.165) is 14.1 Å². The first-order valence-electron chi connectivity index (χ1n) is 8.11. The summed E-state index contributed by atoms with van der Waals surface area (Å²) in [4.78, 5) is 49.8. The number of carbonyl (C=O) groups is 2. The van der Waals surface area contributed by atoms with Crippen LogP contribution in [0.25, 0.3) is 0 Å². The summed E-state index contributed by atoms with van der Waals surface area (Å²) in [5, 5.41) is 3.56. The Hall–Kier alpha value is -3.57. The lowest BCUT2D eigenvalue weighted by atomic mass is 9.91. The molecular formula is C17H15F3N4O5. The van der Waals surface area contributed by atoms with E-state index in [4.69, 9.17) is 4.74 Å². The predicted molar refractivity (Wildman–Crippen MR) is 93.7 cm³/mol. The zero-order valence-electron chi connectivity index (χ0n) is 15.4. The van der Waals surface area contributed by atoms with Crippen LogP contribution >= 0.6 is 0 Å². The molecule has 3 rings (SSSR count). The molecule has 1 aliphatic rings. The van der Waals surface area contributed by atoms with Crippen LogP contribution in [0, 0.1) is 0 Å². The summed E-state index contributed by atoms with van der Waals surface area (Å²) < 4.78 is 48.7. The Morgan fingerprint density at radius 1 is 1.14 bits per heavy atom. The van der Waals surface area contributed by atoms with Crippen molar-refractivity contribution in [3.63, 3.8) is 0 Å². The number of ether oxygens (including phenoxy) is 1. The number of amides is 2. The average molecular weight is 412 g/mol. The van der Waals surface area contributed by atoms with Gasteiger partial charge in [0.05, 0.1) is 12.7 Å². The van der Waals surface area contributed by atoms with Gasteiger partial charge < -0.3 is 15.4 Å². The first-order chi connectivity index (χ1) is 13.5. The van der Waals surface area contributed by atoms with Crippen LogP contribution in [-0.2, 0) is 24.4 Å². The standard InChI is InChI=1S/C17H15F3N4O5/c1-23-11-10(13(26)24(2)15(23)28)16(14(27)21-11,17(18,19)20)22-12(25)8-6-4-5-7-9(8)29-3/h4-7H,1-3H3,(H,21,27)(H,22,25). The minimum Gasteiger partial charge on any atom is -0.496 e. The number of methoxy groups -OCH3 is 1. The van der Waals surface area contributed by atoms with Crippen LogP contribution in [0.3, 0.4) is 0 Å². The van der Waals surface area contributed by atoms with Crippen molar-refractivity contribution in [3.8, 4) is 5.75 Å². The molecule has 0 aliphatic carbocycles. The van der Waals surface area contributed by atoms with E-state index in [1.807, 2.05) is 5.32 Å². The normalized spacial score (nSPS) is 18.2. The van der Waals surface area contributed by atoms with E-state index in [1.165, 1.54) is 31.4 Å². The zero-order chi connectivity index (χ0) is 21.7. The number of hydrogen-bond donors (Lipinski definition) is 2. The van der Waals surface area contributed by atoms with E-state index in [2.05, 4.69) is 0 Å². The van der Waals surface area contributed by atoms with Crippen LogP contribution in [-0.4, -0.2) is 34.2 Å². The SMILES string of the molecule is COc1ccccc1C(=O)NC1(C(F)(F)F)C(=O)Nc2c1c(=O)n(C)c(=O)n2C. The van der Waals surface area contributed by atoms with Crippen LogP contribution in [0.5, 0.6) is 5.75 Å². The highest BCUT2D eigenvalue weighted by molar-refractivity contribution is 6.09. The van der Waals surface area contributed by atoms with Crippen LogP contribution in [0.15, 0.2) is 33.9 Å². The molecule has 2 aromatic rings. The Balaban J connectivity index is 2.29. The summed E-state index contributed by atoms with van der Waals surface area (Å²) >= 11 is 0. The summed E-state index contributed by atoms with van der Waals surface area (Å²) in [6, 6.07) is 5.44. The van der Waals surface area contributed by atoms with Gasteiger partial charge in [0.2, 0.25) is 0 Å². The number of benzene rings is 1. The fourth-order valence-corrected chi connectivity index (χ4v) is 3.17. The zero-order valence-corrected chi connectivity index (χ0v) is 15.4. The molecule has 1 atom stereocenters. The Labute approximate surface area is 160 Å². The number of halogens is 3. The minimum atomic E-state index is -5.40. The summed E-state index contributed by atoms with van der Waals surface area (Å²) in [5.41, 5.74) is -7.37. The van der Waals surface area contributed by atoms with Gasteiger partial charge in [-0.1, -0.05) is 12.1 Å². The number of aromatic nitrogens is 2. The molecule has 9 nitrogen and oxygen atoms in total. The van der Waals surface area contributed by atoms with E-state index in [9.17, 15) is 32.3 Å². The van der Waals surface area contributed by atoms with Gasteiger partial charge in [0, 0.05) is 14.1 Å². The van der Waals surface area contributed by atoms with Crippen LogP contribution in [0.1, 0.15) is 15.9 Å². The first-order valence-corrected chi connectivity index (χ1v) is 8.11. The largest absolute Gasteiger partial charge is 0.496 e. The molecule has 1 aliphatic heterocycles. The van der Waals surface area contributed by atoms with E-state index >= 15 is 0 Å². The molecule has 2 amide bonds. The van der Waals surface area contributed by atoms with Crippen LogP contribution in [0.2, 0.25) is 0 Å². The number of nitrogens with one attached hydrogen (secondary N) is 2. The second-order valence-corrected chi connectivity index (χ2v) is 6.29. The number of hydrogen-bond acceptors (Lipinski definition) is 5. The number of nitrogens with zero attached hydrogens (tertiary/aromatic N) is 2. The molecule has 1 unspecified atom stereocenters. The maximum atomic E-state index is 14.2. The molecule has 1 aromatic heterocycles. The van der Waals surface area contributed by atoms with Gasteiger partial charge in [-0.25, -0.2) is 4.79 Å². The lowest BCUT2D eigenvalue weighted by molar-refractivity contribution is -0.196. The van der Waals surface area contributed by atoms with Gasteiger partial charge in [-0.05, 0) is 12.1 Å². The number of para-hydroxylation sites is 1. The highest BCUT2D eigenvalue weighted by Gasteiger charge is 2.68. The third-order valence-corrected chi connectivity index (χ3v) is 4.69. The summed E-state index contributed by atoms with van der Waals surface area (Å²) in [7, 11) is 3.28. The van der Waals surface area contributed by atoms with Crippen molar-refractivity contribution in [3.05, 3.63) is 56.2 Å². The highest BCUT2D eigenvalue weighted by atomic mass is 19.4. The topological polar surface area (TPSA) is 111 Å². The van der Waals surface area contributed by atoms with Gasteiger partial charge in [0.1, 0.15) is 17.1 Å². The van der Waals surface area contributed by atoms with Gasteiger partial charge in [-0.3, -0.25) is 23.5 Å². The van der Waals surface area contributed by atoms with E-state index in [0.29, 0.717) is 9.13 Å². The van der Waals surface area contributed by atoms with Gasteiger partial charge in [0.25, 0.3) is 22.9 Å². The number of alkyl halides is 3. The van der Waals surface area contributed by atoms with Gasteiger partial charge in [-0.2, -0.15) is 13.2 Å². The Bertz CT molecular complexity index is 1150. The molecule has 0 saturated carbocycles. The van der Waals surface area contributed by atoms with E-state index < -0.39 is 46.2 Å². The molecule has 154 valence electrons. The molecule has 0 radical (unpaired) electrons. The molecule has 0 bridgehead atoms. The van der Waals surface area contributed by atoms with Gasteiger partial charge >= 0.3 is 11.9 Å². The second kappa shape index (κ2) is 6.50. The average Bonchev–Trinajstić information content (AvgIpc) is 2.98. The lowest BCUT2D eigenvalue weighted by Crippen LogP contribution is -2.62. The fraction of sp³-hybridized carbons (Fsp3) is 0.294. The number of rotatable bonds is 3. The lowest BCUT2D eigenvalue weighted by Gasteiger charge is -2.30. The number of anilines is 1. The Morgan fingerprint density at radius 2 is 1.76 bits per heavy atom. The third kappa shape index (κ3) is 2.70. The molecule has 2 heterocycles. The quantitative estimate of drug-likeness (QED) is 0.750. The van der Waals surface area contributed by atoms with Gasteiger partial charge in [0.15, 0.2) is 0 Å². The molecule has 12 heteroatoms. The van der Waals surface area contributed by atoms with Crippen molar-refractivity contribution in [2.75, 3.05) is 12.4 Å². The minimum absolute atomic E-state index is 0.0330. The first kappa shape index (κ1) is 20.2. The molecular weight excluding hydrogens is 397 g/mol. The second-order valence-electron chi connectivity index (χ2n) is 6.29.